The van der Waals surface area contributed by atoms with Crippen molar-refractivity contribution in [1.82, 2.24) is 0 Å². The summed E-state index contributed by atoms with van der Waals surface area (Å²) in [7, 11) is 0. The molecule has 0 saturated heterocycles. The number of carbonyl (C=O) groups excluding carboxylic acids is 1. The van der Waals surface area contributed by atoms with Crippen LogP contribution in [0.25, 0.3) is 4.85 Å². The summed E-state index contributed by atoms with van der Waals surface area (Å²) >= 11 is 4.53. The van der Waals surface area contributed by atoms with Crippen LogP contribution in [0.1, 0.15) is 0 Å². The maximum Gasteiger partial charge on any atom is 0.615 e. The van der Waals surface area contributed by atoms with E-state index in [1.54, 1.807) is 0 Å². The Morgan fingerprint density at radius 3 is 1.86 bits per heavy atom. The Kier molecular flexibility index (Phi) is 21.1. The van der Waals surface area contributed by atoms with Gasteiger partial charge in [-0.2, -0.15) is 4.79 Å². The zero-order valence-electron chi connectivity index (χ0n) is 3.10. The molecule has 1 amide bonds. The van der Waals surface area contributed by atoms with Crippen LogP contribution in [0, 0.1) is 6.57 Å². The van der Waals surface area contributed by atoms with Crippen LogP contribution in [0.5, 0.6) is 0 Å². The lowest BCUT2D eigenvalue weighted by molar-refractivity contribution is -0.00000386. The Hall–Kier alpha value is 0.0300. The van der Waals surface area contributed by atoms with Crippen molar-refractivity contribution in [3.05, 3.63) is 4.85 Å². The highest BCUT2D eigenvalue weighted by atomic mass is 35.5. The first-order chi connectivity index (χ1) is 2.27. The van der Waals surface area contributed by atoms with Crippen molar-refractivity contribution >= 4 is 29.4 Å². The first kappa shape index (κ1) is 15.7. The number of carbonyl (C=O) groups is 1. The molecule has 0 unspecified atom stereocenters. The summed E-state index contributed by atoms with van der Waals surface area (Å²) in [4.78, 5) is 11.8. The van der Waals surface area contributed by atoms with Crippen molar-refractivity contribution in [2.24, 2.45) is 0 Å². The average molecular weight is 162 g/mol. The summed E-state index contributed by atoms with van der Waals surface area (Å²) in [6.07, 6.45) is 0. The van der Waals surface area contributed by atoms with Gasteiger partial charge in [0, 0.05) is 4.85 Å². The van der Waals surface area contributed by atoms with Crippen molar-refractivity contribution in [3.8, 4) is 6.57 Å². The van der Waals surface area contributed by atoms with Gasteiger partial charge < -0.3 is 12.4 Å². The predicted octanol–water partition coefficient (Wildman–Crippen LogP) is -1.27. The van der Waals surface area contributed by atoms with Gasteiger partial charge in [0.15, 0.2) is 0 Å². The minimum Gasteiger partial charge on any atom is -1.00 e. The molecule has 0 N–H and O–H groups in total. The molecular weight excluding hydrogens is 160 g/mol. The third-order valence-corrected chi connectivity index (χ3v) is 0.199. The fourth-order valence-electron chi connectivity index (χ4n) is 0. The molecule has 0 aromatic carbocycles. The molecule has 0 rings (SSSR count). The summed E-state index contributed by atoms with van der Waals surface area (Å²) in [6, 6.07) is 0. The minimum absolute atomic E-state index is 0. The first-order valence-corrected chi connectivity index (χ1v) is 1.25. The van der Waals surface area contributed by atoms with Gasteiger partial charge in [-0.15, -0.1) is 12.4 Å². The quantitative estimate of drug-likeness (QED) is 0.322. The molecular formula is C2H2Cl3NO. The zero-order chi connectivity index (χ0) is 4.28. The highest BCUT2D eigenvalue weighted by Gasteiger charge is 1.95. The number of hydrogen-bond donors (Lipinski definition) is 0. The van der Waals surface area contributed by atoms with Gasteiger partial charge in [-0.25, -0.2) is 0 Å². The molecule has 0 aliphatic rings. The molecule has 5 heteroatoms. The van der Waals surface area contributed by atoms with Crippen LogP contribution in [0.2, 0.25) is 0 Å². The summed E-state index contributed by atoms with van der Waals surface area (Å²) in [5.74, 6) is 0. The smallest absolute Gasteiger partial charge is 0.615 e. The van der Waals surface area contributed by atoms with E-state index in [1.165, 1.54) is 0 Å². The lowest BCUT2D eigenvalue weighted by Gasteiger charge is -1.36. The van der Waals surface area contributed by atoms with E-state index in [9.17, 15) is 4.79 Å². The molecule has 42 valence electrons. The molecule has 0 heterocycles. The normalized spacial score (nSPS) is 4.00. The summed E-state index contributed by atoms with van der Waals surface area (Å²) in [5, 5.41) is -0.870. The monoisotopic (exact) mass is 161 g/mol. The first-order valence-electron chi connectivity index (χ1n) is 0.875. The van der Waals surface area contributed by atoms with Gasteiger partial charge in [-0.3, -0.25) is 0 Å². The van der Waals surface area contributed by atoms with E-state index in [-0.39, 0.29) is 24.8 Å². The van der Waals surface area contributed by atoms with Gasteiger partial charge >= 0.3 is 5.37 Å². The molecule has 0 spiro atoms. The topological polar surface area (TPSA) is 21.4 Å². The number of rotatable bonds is 0. The fraction of sp³-hybridized carbons (Fsp3) is 0. The fourth-order valence-corrected chi connectivity index (χ4v) is 0. The third kappa shape index (κ3) is 23.8. The van der Waals surface area contributed by atoms with Gasteiger partial charge in [0.25, 0.3) is 6.57 Å². The predicted molar refractivity (Wildman–Crippen MR) is 26.8 cm³/mol. The van der Waals surface area contributed by atoms with Crippen LogP contribution >= 0.6 is 24.0 Å². The van der Waals surface area contributed by atoms with Gasteiger partial charge in [0.2, 0.25) is 0 Å². The van der Waals surface area contributed by atoms with Gasteiger partial charge in [-0.1, -0.05) is 0 Å². The molecule has 0 radical (unpaired) electrons. The van der Waals surface area contributed by atoms with Gasteiger partial charge in [0.1, 0.15) is 0 Å². The molecule has 0 aromatic heterocycles. The summed E-state index contributed by atoms with van der Waals surface area (Å²) in [6.45, 7) is 4.31. The Balaban J connectivity index is -0.0000000800. The van der Waals surface area contributed by atoms with Crippen molar-refractivity contribution < 1.29 is 17.2 Å². The van der Waals surface area contributed by atoms with Crippen molar-refractivity contribution in [3.63, 3.8) is 0 Å². The Morgan fingerprint density at radius 2 is 1.86 bits per heavy atom. The van der Waals surface area contributed by atoms with Crippen molar-refractivity contribution in [1.29, 1.82) is 0 Å². The Bertz CT molecular complexity index is 85.4. The standard InChI is InChI=1S/C2HClNO.2ClH/c1-4-2(3)5;;/h1H;2*1H/q+1;;/p-1. The molecule has 0 saturated carbocycles. The minimum atomic E-state index is -0.870. The third-order valence-electron chi connectivity index (χ3n) is 0.101. The summed E-state index contributed by atoms with van der Waals surface area (Å²) in [5.41, 5.74) is 0. The van der Waals surface area contributed by atoms with Crippen LogP contribution in [-0.4, -0.2) is 5.37 Å². The molecule has 0 atom stereocenters. The Morgan fingerprint density at radius 1 is 1.71 bits per heavy atom. The van der Waals surface area contributed by atoms with E-state index in [2.05, 4.69) is 23.0 Å². The van der Waals surface area contributed by atoms with E-state index in [0.29, 0.717) is 0 Å². The van der Waals surface area contributed by atoms with Crippen molar-refractivity contribution in [2.75, 3.05) is 0 Å². The van der Waals surface area contributed by atoms with Gasteiger partial charge in [-0.05, 0) is 0 Å². The highest BCUT2D eigenvalue weighted by molar-refractivity contribution is 6.65. The molecule has 0 fully saturated rings. The van der Waals surface area contributed by atoms with E-state index < -0.39 is 5.37 Å². The van der Waals surface area contributed by atoms with Crippen LogP contribution in [0.3, 0.4) is 0 Å². The maximum absolute atomic E-state index is 9.29. The second-order valence-corrected chi connectivity index (χ2v) is 0.705. The molecule has 0 bridgehead atoms. The van der Waals surface area contributed by atoms with Crippen LogP contribution < -0.4 is 12.4 Å². The number of halogens is 3. The van der Waals surface area contributed by atoms with Crippen LogP contribution in [-0.2, 0) is 0 Å². The lowest BCUT2D eigenvalue weighted by atomic mass is 11.4. The van der Waals surface area contributed by atoms with E-state index in [4.69, 9.17) is 0 Å². The second-order valence-electron chi connectivity index (χ2n) is 0.382. The average Bonchev–Trinajstić information content (AvgIpc) is 1.38. The lowest BCUT2D eigenvalue weighted by Crippen LogP contribution is -3.00. The number of hydrogen-bond acceptors (Lipinski definition) is 1. The Labute approximate surface area is 58.5 Å². The van der Waals surface area contributed by atoms with Gasteiger partial charge in [0.05, 0.1) is 11.6 Å². The van der Waals surface area contributed by atoms with E-state index >= 15 is 0 Å². The SMILES string of the molecule is C#[N+]C(=O)Cl.Cl.[Cl-]. The molecule has 0 aromatic rings. The second kappa shape index (κ2) is 9.39. The van der Waals surface area contributed by atoms with E-state index in [1.807, 2.05) is 0 Å². The molecule has 2 nitrogen and oxygen atoms in total. The number of amides is 1. The zero-order valence-corrected chi connectivity index (χ0v) is 5.43. The highest BCUT2D eigenvalue weighted by Crippen LogP contribution is 1.79. The largest absolute Gasteiger partial charge is 1.00 e. The maximum atomic E-state index is 9.29. The number of nitrogens with zero attached hydrogens (tertiary/aromatic N) is 1. The van der Waals surface area contributed by atoms with Crippen LogP contribution in [0.15, 0.2) is 0 Å². The molecule has 0 aliphatic carbocycles. The summed E-state index contributed by atoms with van der Waals surface area (Å²) < 4.78 is 0. The molecule has 7 heavy (non-hydrogen) atoms. The molecule has 0 aliphatic heterocycles. The van der Waals surface area contributed by atoms with Crippen LogP contribution in [0.4, 0.5) is 4.79 Å². The van der Waals surface area contributed by atoms with Crippen molar-refractivity contribution in [2.45, 2.75) is 0 Å². The van der Waals surface area contributed by atoms with E-state index in [0.717, 1.165) is 0 Å².